The van der Waals surface area contributed by atoms with E-state index in [-0.39, 0.29) is 0 Å². The van der Waals surface area contributed by atoms with Crippen molar-refractivity contribution in [3.8, 4) is 5.75 Å². The first-order valence-corrected chi connectivity index (χ1v) is 4.69. The summed E-state index contributed by atoms with van der Waals surface area (Å²) in [5.74, 6) is 0.291. The smallest absolute Gasteiger partial charge is 0.123 e. The van der Waals surface area contributed by atoms with E-state index in [9.17, 15) is 10.2 Å². The number of aliphatic hydroxyl groups excluding tert-OH is 1. The van der Waals surface area contributed by atoms with Gasteiger partial charge in [0, 0.05) is 11.8 Å². The Labute approximate surface area is 81.4 Å². The molecule has 1 atom stereocenters. The summed E-state index contributed by atoms with van der Waals surface area (Å²) in [4.78, 5) is 0. The molecule has 0 saturated heterocycles. The maximum absolute atomic E-state index is 9.78. The third-order valence-electron chi connectivity index (χ3n) is 2.91. The fourth-order valence-electron chi connectivity index (χ4n) is 2.26. The molecule has 1 aliphatic rings. The van der Waals surface area contributed by atoms with Crippen LogP contribution in [0.5, 0.6) is 5.75 Å². The second kappa shape index (κ2) is 2.49. The predicted molar refractivity (Wildman–Crippen MR) is 54.3 cm³/mol. The van der Waals surface area contributed by atoms with Crippen molar-refractivity contribution in [1.29, 1.82) is 0 Å². The quantitative estimate of drug-likeness (QED) is 0.661. The number of aliphatic hydroxyl groups is 1. The van der Waals surface area contributed by atoms with Gasteiger partial charge in [0.1, 0.15) is 5.75 Å². The summed E-state index contributed by atoms with van der Waals surface area (Å²) in [5, 5.41) is 21.3. The Hall–Kier alpha value is -1.54. The van der Waals surface area contributed by atoms with Gasteiger partial charge in [0.15, 0.2) is 0 Å². The second-order valence-corrected chi connectivity index (χ2v) is 3.73. The molecule has 0 heterocycles. The van der Waals surface area contributed by atoms with Crippen LogP contribution in [-0.2, 0) is 6.42 Å². The molecule has 2 aromatic carbocycles. The fraction of sp³-hybridized carbons (Fsp3) is 0.167. The van der Waals surface area contributed by atoms with Crippen LogP contribution in [0.15, 0.2) is 30.3 Å². The first-order chi connectivity index (χ1) is 6.77. The van der Waals surface area contributed by atoms with Crippen molar-refractivity contribution in [3.05, 3.63) is 41.5 Å². The number of phenols is 1. The van der Waals surface area contributed by atoms with Gasteiger partial charge in [-0.15, -0.1) is 0 Å². The van der Waals surface area contributed by atoms with Crippen LogP contribution < -0.4 is 0 Å². The highest BCUT2D eigenvalue weighted by Gasteiger charge is 2.22. The van der Waals surface area contributed by atoms with Crippen molar-refractivity contribution >= 4 is 10.8 Å². The summed E-state index contributed by atoms with van der Waals surface area (Å²) in [6.07, 6.45) is 0.256. The molecule has 0 fully saturated rings. The lowest BCUT2D eigenvalue weighted by Gasteiger charge is -2.04. The molecule has 70 valence electrons. The molecular weight excluding hydrogens is 176 g/mol. The van der Waals surface area contributed by atoms with Crippen LogP contribution in [0.2, 0.25) is 0 Å². The van der Waals surface area contributed by atoms with Crippen LogP contribution in [-0.4, -0.2) is 10.2 Å². The summed E-state index contributed by atoms with van der Waals surface area (Å²) in [5.41, 5.74) is 2.06. The topological polar surface area (TPSA) is 40.5 Å². The summed E-state index contributed by atoms with van der Waals surface area (Å²) in [6.45, 7) is 0. The monoisotopic (exact) mass is 186 g/mol. The van der Waals surface area contributed by atoms with Gasteiger partial charge in [-0.2, -0.15) is 0 Å². The molecule has 0 bridgehead atoms. The molecule has 0 aromatic heterocycles. The zero-order chi connectivity index (χ0) is 9.71. The Morgan fingerprint density at radius 2 is 2.00 bits per heavy atom. The van der Waals surface area contributed by atoms with E-state index in [1.807, 2.05) is 24.3 Å². The average molecular weight is 186 g/mol. The highest BCUT2D eigenvalue weighted by molar-refractivity contribution is 5.95. The molecule has 0 amide bonds. The van der Waals surface area contributed by atoms with Gasteiger partial charge in [-0.3, -0.25) is 0 Å². The lowest BCUT2D eigenvalue weighted by Crippen LogP contribution is -1.91. The minimum atomic E-state index is -0.407. The zero-order valence-electron chi connectivity index (χ0n) is 7.57. The standard InChI is InChI=1S/C12H10O2/c13-10-5-4-7-6-11(14)9-3-1-2-8(10)12(7)9/h1-5,11,13-14H,6H2. The number of hydrogen-bond donors (Lipinski definition) is 2. The zero-order valence-corrected chi connectivity index (χ0v) is 7.57. The summed E-state index contributed by atoms with van der Waals surface area (Å²) >= 11 is 0. The molecule has 3 rings (SSSR count). The molecule has 1 aliphatic carbocycles. The Kier molecular flexibility index (Phi) is 1.39. The Balaban J connectivity index is 2.52. The third kappa shape index (κ3) is 0.836. The first-order valence-electron chi connectivity index (χ1n) is 4.69. The first kappa shape index (κ1) is 7.83. The maximum Gasteiger partial charge on any atom is 0.123 e. The summed E-state index contributed by atoms with van der Waals surface area (Å²) in [7, 11) is 0. The van der Waals surface area contributed by atoms with E-state index < -0.39 is 6.10 Å². The number of hydrogen-bond acceptors (Lipinski definition) is 2. The van der Waals surface area contributed by atoms with Gasteiger partial charge in [-0.05, 0) is 22.6 Å². The van der Waals surface area contributed by atoms with Crippen molar-refractivity contribution in [2.45, 2.75) is 12.5 Å². The highest BCUT2D eigenvalue weighted by Crippen LogP contribution is 2.39. The van der Waals surface area contributed by atoms with Gasteiger partial charge in [0.2, 0.25) is 0 Å². The highest BCUT2D eigenvalue weighted by atomic mass is 16.3. The van der Waals surface area contributed by atoms with Crippen molar-refractivity contribution in [1.82, 2.24) is 0 Å². The van der Waals surface area contributed by atoms with Crippen LogP contribution in [0.1, 0.15) is 17.2 Å². The van der Waals surface area contributed by atoms with Crippen LogP contribution in [0.25, 0.3) is 10.8 Å². The van der Waals surface area contributed by atoms with Gasteiger partial charge >= 0.3 is 0 Å². The molecule has 0 radical (unpaired) electrons. The Bertz CT molecular complexity index is 517. The lowest BCUT2D eigenvalue weighted by atomic mass is 10.0. The van der Waals surface area contributed by atoms with E-state index in [1.165, 1.54) is 0 Å². The molecular formula is C12H10O2. The van der Waals surface area contributed by atoms with E-state index in [1.54, 1.807) is 6.07 Å². The molecule has 1 unspecified atom stereocenters. The largest absolute Gasteiger partial charge is 0.507 e. The number of rotatable bonds is 0. The summed E-state index contributed by atoms with van der Waals surface area (Å²) < 4.78 is 0. The van der Waals surface area contributed by atoms with Gasteiger partial charge in [-0.25, -0.2) is 0 Å². The van der Waals surface area contributed by atoms with Gasteiger partial charge in [-0.1, -0.05) is 24.3 Å². The van der Waals surface area contributed by atoms with E-state index in [0.29, 0.717) is 12.2 Å². The summed E-state index contributed by atoms with van der Waals surface area (Å²) in [6, 6.07) is 9.26. The van der Waals surface area contributed by atoms with Crippen molar-refractivity contribution in [3.63, 3.8) is 0 Å². The SMILES string of the molecule is Oc1ccc2c3c(cccc13)C(O)C2. The average Bonchev–Trinajstić information content (AvgIpc) is 2.52. The lowest BCUT2D eigenvalue weighted by molar-refractivity contribution is 0.185. The Morgan fingerprint density at radius 1 is 1.14 bits per heavy atom. The van der Waals surface area contributed by atoms with Crippen LogP contribution in [0, 0.1) is 0 Å². The number of aromatic hydroxyl groups is 1. The normalized spacial score (nSPS) is 19.1. The van der Waals surface area contributed by atoms with Crippen molar-refractivity contribution in [2.75, 3.05) is 0 Å². The van der Waals surface area contributed by atoms with Crippen molar-refractivity contribution < 1.29 is 10.2 Å². The second-order valence-electron chi connectivity index (χ2n) is 3.73. The minimum Gasteiger partial charge on any atom is -0.507 e. The molecule has 0 spiro atoms. The minimum absolute atomic E-state index is 0.291. The predicted octanol–water partition coefficient (Wildman–Crippen LogP) is 2.13. The van der Waals surface area contributed by atoms with Gasteiger partial charge in [0.05, 0.1) is 6.10 Å². The van der Waals surface area contributed by atoms with E-state index in [2.05, 4.69) is 0 Å². The van der Waals surface area contributed by atoms with Crippen LogP contribution in [0.4, 0.5) is 0 Å². The van der Waals surface area contributed by atoms with Crippen LogP contribution >= 0.6 is 0 Å². The van der Waals surface area contributed by atoms with E-state index >= 15 is 0 Å². The van der Waals surface area contributed by atoms with E-state index in [4.69, 9.17) is 0 Å². The molecule has 0 saturated carbocycles. The third-order valence-corrected chi connectivity index (χ3v) is 2.91. The number of phenolic OH excluding ortho intramolecular Hbond substituents is 1. The van der Waals surface area contributed by atoms with Gasteiger partial charge < -0.3 is 10.2 Å². The van der Waals surface area contributed by atoms with Crippen molar-refractivity contribution in [2.24, 2.45) is 0 Å². The van der Waals surface area contributed by atoms with Crippen LogP contribution in [0.3, 0.4) is 0 Å². The molecule has 2 aromatic rings. The van der Waals surface area contributed by atoms with E-state index in [0.717, 1.165) is 21.9 Å². The molecule has 2 nitrogen and oxygen atoms in total. The molecule has 14 heavy (non-hydrogen) atoms. The Morgan fingerprint density at radius 3 is 2.86 bits per heavy atom. The maximum atomic E-state index is 9.78. The molecule has 2 N–H and O–H groups in total. The van der Waals surface area contributed by atoms with Gasteiger partial charge in [0.25, 0.3) is 0 Å². The molecule has 2 heteroatoms. The number of benzene rings is 2. The fourth-order valence-corrected chi connectivity index (χ4v) is 2.26. The molecule has 0 aliphatic heterocycles.